The molecule has 1 aromatic rings. The molecule has 0 unspecified atom stereocenters. The molecule has 1 aliphatic rings. The Hall–Kier alpha value is -1.51. The Morgan fingerprint density at radius 1 is 1.31 bits per heavy atom. The third-order valence-electron chi connectivity index (χ3n) is 2.12. The van der Waals surface area contributed by atoms with Gasteiger partial charge < -0.3 is 0 Å². The van der Waals surface area contributed by atoms with Crippen LogP contribution < -0.4 is 0 Å². The van der Waals surface area contributed by atoms with Gasteiger partial charge in [0.15, 0.2) is 0 Å². The number of halogens is 2. The zero-order valence-corrected chi connectivity index (χ0v) is 6.68. The highest BCUT2D eigenvalue weighted by Gasteiger charge is 2.18. The molecular weight excluding hydrogens is 174 g/mol. The molecule has 1 nitrogen and oxygen atoms in total. The van der Waals surface area contributed by atoms with Crippen LogP contribution in [0.1, 0.15) is 11.1 Å². The topological polar surface area (TPSA) is 17.1 Å². The van der Waals surface area contributed by atoms with Gasteiger partial charge in [-0.3, -0.25) is 4.79 Å². The molecule has 0 bridgehead atoms. The van der Waals surface area contributed by atoms with Gasteiger partial charge in [0.1, 0.15) is 17.9 Å². The zero-order chi connectivity index (χ0) is 9.42. The predicted molar refractivity (Wildman–Crippen MR) is 44.1 cm³/mol. The van der Waals surface area contributed by atoms with E-state index in [2.05, 4.69) is 0 Å². The molecule has 0 heterocycles. The number of carbonyl (C=O) groups excluding carboxylic acids is 1. The Bertz CT molecular complexity index is 408. The van der Waals surface area contributed by atoms with Crippen LogP contribution in [0.15, 0.2) is 18.2 Å². The van der Waals surface area contributed by atoms with Crippen molar-refractivity contribution in [3.63, 3.8) is 0 Å². The van der Waals surface area contributed by atoms with E-state index >= 15 is 0 Å². The first-order valence-electron chi connectivity index (χ1n) is 3.86. The monoisotopic (exact) mass is 180 g/mol. The quantitative estimate of drug-likeness (QED) is 0.605. The van der Waals surface area contributed by atoms with Crippen molar-refractivity contribution in [1.29, 1.82) is 0 Å². The van der Waals surface area contributed by atoms with Crippen LogP contribution in [0.5, 0.6) is 0 Å². The van der Waals surface area contributed by atoms with Crippen molar-refractivity contribution in [1.82, 2.24) is 0 Å². The second kappa shape index (κ2) is 2.76. The third kappa shape index (κ3) is 1.16. The van der Waals surface area contributed by atoms with Gasteiger partial charge in [-0.2, -0.15) is 0 Å². The second-order valence-electron chi connectivity index (χ2n) is 2.90. The Morgan fingerprint density at radius 2 is 2.08 bits per heavy atom. The first-order valence-corrected chi connectivity index (χ1v) is 3.86. The molecule has 1 aromatic carbocycles. The predicted octanol–water partition coefficient (Wildman–Crippen LogP) is 2.10. The Labute approximate surface area is 73.7 Å². The lowest BCUT2D eigenvalue weighted by molar-refractivity contribution is -0.103. The van der Waals surface area contributed by atoms with E-state index in [-0.39, 0.29) is 0 Å². The summed E-state index contributed by atoms with van der Waals surface area (Å²) in [6.07, 6.45) is 2.58. The summed E-state index contributed by atoms with van der Waals surface area (Å²) in [6.45, 7) is 0. The van der Waals surface area contributed by atoms with Crippen LogP contribution in [-0.4, -0.2) is 6.29 Å². The van der Waals surface area contributed by atoms with E-state index in [1.807, 2.05) is 0 Å². The number of aldehydes is 1. The van der Waals surface area contributed by atoms with E-state index < -0.39 is 11.6 Å². The van der Waals surface area contributed by atoms with E-state index in [9.17, 15) is 13.6 Å². The lowest BCUT2D eigenvalue weighted by atomic mass is 10.1. The maximum atomic E-state index is 13.1. The minimum atomic E-state index is -0.647. The normalized spacial score (nSPS) is 13.8. The third-order valence-corrected chi connectivity index (χ3v) is 2.12. The molecule has 0 atom stereocenters. The van der Waals surface area contributed by atoms with Crippen molar-refractivity contribution in [2.24, 2.45) is 0 Å². The maximum absolute atomic E-state index is 13.1. The lowest BCUT2D eigenvalue weighted by Crippen LogP contribution is -1.92. The minimum absolute atomic E-state index is 0.369. The minimum Gasteiger partial charge on any atom is -0.298 e. The van der Waals surface area contributed by atoms with Crippen LogP contribution in [0, 0.1) is 11.6 Å². The van der Waals surface area contributed by atoms with Crippen molar-refractivity contribution in [3.05, 3.63) is 41.0 Å². The van der Waals surface area contributed by atoms with Crippen LogP contribution in [0.2, 0.25) is 0 Å². The summed E-state index contributed by atoms with van der Waals surface area (Å²) >= 11 is 0. The number of hydrogen-bond donors (Lipinski definition) is 0. The summed E-state index contributed by atoms with van der Waals surface area (Å²) in [7, 11) is 0. The van der Waals surface area contributed by atoms with E-state index in [1.165, 1.54) is 6.07 Å². The molecule has 0 radical (unpaired) electrons. The molecule has 0 saturated heterocycles. The number of fused-ring (bicyclic) bond motifs is 1. The van der Waals surface area contributed by atoms with Gasteiger partial charge in [-0.05, 0) is 23.6 Å². The van der Waals surface area contributed by atoms with Gasteiger partial charge in [-0.15, -0.1) is 0 Å². The molecule has 66 valence electrons. The summed E-state index contributed by atoms with van der Waals surface area (Å²) in [5.41, 5.74) is 1.16. The van der Waals surface area contributed by atoms with Crippen LogP contribution in [0.3, 0.4) is 0 Å². The molecule has 2 rings (SSSR count). The van der Waals surface area contributed by atoms with Crippen LogP contribution in [0.25, 0.3) is 5.57 Å². The Kier molecular flexibility index (Phi) is 1.72. The van der Waals surface area contributed by atoms with Gasteiger partial charge in [-0.25, -0.2) is 8.78 Å². The highest BCUT2D eigenvalue weighted by atomic mass is 19.1. The van der Waals surface area contributed by atoms with Crippen LogP contribution in [0.4, 0.5) is 8.78 Å². The van der Waals surface area contributed by atoms with Gasteiger partial charge in [0, 0.05) is 11.6 Å². The van der Waals surface area contributed by atoms with Gasteiger partial charge in [-0.1, -0.05) is 6.08 Å². The van der Waals surface area contributed by atoms with Crippen LogP contribution >= 0.6 is 0 Å². The molecule has 0 fully saturated rings. The van der Waals surface area contributed by atoms with Crippen molar-refractivity contribution < 1.29 is 13.6 Å². The summed E-state index contributed by atoms with van der Waals surface area (Å²) in [5.74, 6) is -1.23. The molecular formula is C10H6F2O. The SMILES string of the molecule is O=CC1=CCc2c(F)cc(F)cc21. The maximum Gasteiger partial charge on any atom is 0.150 e. The summed E-state index contributed by atoms with van der Waals surface area (Å²) < 4.78 is 25.8. The van der Waals surface area contributed by atoms with E-state index in [1.54, 1.807) is 6.08 Å². The first kappa shape index (κ1) is 8.10. The van der Waals surface area contributed by atoms with Crippen molar-refractivity contribution >= 4 is 11.9 Å². The number of rotatable bonds is 1. The van der Waals surface area contributed by atoms with Crippen molar-refractivity contribution in [3.8, 4) is 0 Å². The highest BCUT2D eigenvalue weighted by Crippen LogP contribution is 2.28. The average molecular weight is 180 g/mol. The molecule has 0 aliphatic heterocycles. The number of allylic oxidation sites excluding steroid dienone is 2. The fourth-order valence-corrected chi connectivity index (χ4v) is 1.50. The largest absolute Gasteiger partial charge is 0.298 e. The zero-order valence-electron chi connectivity index (χ0n) is 6.68. The first-order chi connectivity index (χ1) is 6.22. The van der Waals surface area contributed by atoms with E-state index in [0.29, 0.717) is 29.4 Å². The molecule has 0 aromatic heterocycles. The van der Waals surface area contributed by atoms with Gasteiger partial charge in [0.2, 0.25) is 0 Å². The second-order valence-corrected chi connectivity index (χ2v) is 2.90. The Balaban J connectivity index is 2.64. The van der Waals surface area contributed by atoms with Crippen molar-refractivity contribution in [2.45, 2.75) is 6.42 Å². The number of hydrogen-bond acceptors (Lipinski definition) is 1. The van der Waals surface area contributed by atoms with Gasteiger partial charge in [0.05, 0.1) is 0 Å². The van der Waals surface area contributed by atoms with Gasteiger partial charge >= 0.3 is 0 Å². The van der Waals surface area contributed by atoms with Gasteiger partial charge in [0.25, 0.3) is 0 Å². The number of carbonyl (C=O) groups is 1. The summed E-state index contributed by atoms with van der Waals surface area (Å²) in [6, 6.07) is 2.02. The fourth-order valence-electron chi connectivity index (χ4n) is 1.50. The highest BCUT2D eigenvalue weighted by molar-refractivity contribution is 6.09. The molecule has 13 heavy (non-hydrogen) atoms. The molecule has 0 N–H and O–H groups in total. The van der Waals surface area contributed by atoms with E-state index in [4.69, 9.17) is 0 Å². The average Bonchev–Trinajstić information content (AvgIpc) is 2.47. The molecule has 1 aliphatic carbocycles. The van der Waals surface area contributed by atoms with Crippen LogP contribution in [-0.2, 0) is 11.2 Å². The molecule has 3 heteroatoms. The lowest BCUT2D eigenvalue weighted by Gasteiger charge is -2.01. The standard InChI is InChI=1S/C10H6F2O/c11-7-3-9-6(5-13)1-2-8(9)10(12)4-7/h1,3-5H,2H2. The summed E-state index contributed by atoms with van der Waals surface area (Å²) in [4.78, 5) is 10.5. The van der Waals surface area contributed by atoms with E-state index in [0.717, 1.165) is 6.07 Å². The molecule has 0 saturated carbocycles. The van der Waals surface area contributed by atoms with Crippen molar-refractivity contribution in [2.75, 3.05) is 0 Å². The smallest absolute Gasteiger partial charge is 0.150 e. The number of benzene rings is 1. The summed E-state index contributed by atoms with van der Waals surface area (Å²) in [5, 5.41) is 0. The Morgan fingerprint density at radius 3 is 2.77 bits per heavy atom. The molecule has 0 spiro atoms. The fraction of sp³-hybridized carbons (Fsp3) is 0.100. The molecule has 0 amide bonds.